The van der Waals surface area contributed by atoms with E-state index in [9.17, 15) is 9.59 Å². The molecule has 2 aliphatic rings. The molecule has 1 aromatic heterocycles. The lowest BCUT2D eigenvalue weighted by Crippen LogP contribution is -2.55. The molecule has 43 heavy (non-hydrogen) atoms. The maximum absolute atomic E-state index is 14.6. The van der Waals surface area contributed by atoms with Gasteiger partial charge in [0.25, 0.3) is 0 Å². The van der Waals surface area contributed by atoms with E-state index in [2.05, 4.69) is 14.9 Å². The monoisotopic (exact) mass is 623 g/mol. The van der Waals surface area contributed by atoms with Crippen molar-refractivity contribution in [2.45, 2.75) is 25.9 Å². The third kappa shape index (κ3) is 6.76. The minimum Gasteiger partial charge on any atom is -0.477 e. The lowest BCUT2D eigenvalue weighted by atomic mass is 9.94. The highest BCUT2D eigenvalue weighted by molar-refractivity contribution is 6.30. The molecule has 2 atom stereocenters. The van der Waals surface area contributed by atoms with E-state index < -0.39 is 12.1 Å². The number of ether oxygens (including phenoxy) is 1. The van der Waals surface area contributed by atoms with E-state index in [1.165, 1.54) is 0 Å². The minimum atomic E-state index is -0.495. The number of nitrogens with zero attached hydrogens (tertiary/aromatic N) is 7. The van der Waals surface area contributed by atoms with Crippen LogP contribution in [0.1, 0.15) is 41.5 Å². The van der Waals surface area contributed by atoms with Gasteiger partial charge in [0.05, 0.1) is 24.8 Å². The first-order valence-electron chi connectivity index (χ1n) is 14.2. The van der Waals surface area contributed by atoms with Gasteiger partial charge in [0.1, 0.15) is 17.7 Å². The Balaban J connectivity index is 1.57. The fourth-order valence-electron chi connectivity index (χ4n) is 5.29. The third-order valence-corrected chi connectivity index (χ3v) is 8.10. The standard InChI is InChI=1S/C31H35Cl2N7O3/c1-5-43-30-25(18-34-20(2)35-30)29-36-27(21-6-10-23(32)11-7-21)28(22-8-12-24(33)13-9-22)40(29)31(42)39-16-14-38(15-17-39)19-26(41)37(3)4/h6-13,18,27-28H,5,14-17,19H2,1-4H3/t27-,28+/m1/s1. The first-order valence-corrected chi connectivity index (χ1v) is 15.0. The number of amides is 3. The Morgan fingerprint density at radius 2 is 1.56 bits per heavy atom. The highest BCUT2D eigenvalue weighted by atomic mass is 35.5. The van der Waals surface area contributed by atoms with Crippen LogP contribution in [-0.2, 0) is 4.79 Å². The van der Waals surface area contributed by atoms with Gasteiger partial charge in [-0.05, 0) is 49.2 Å². The van der Waals surface area contributed by atoms with Gasteiger partial charge in [0.15, 0.2) is 0 Å². The molecule has 0 aliphatic carbocycles. The van der Waals surface area contributed by atoms with Crippen molar-refractivity contribution >= 4 is 41.0 Å². The van der Waals surface area contributed by atoms with Crippen LogP contribution in [0.25, 0.3) is 0 Å². The van der Waals surface area contributed by atoms with Crippen LogP contribution in [-0.4, -0.2) is 101 Å². The Kier molecular flexibility index (Phi) is 9.49. The fraction of sp³-hybridized carbons (Fsp3) is 0.387. The van der Waals surface area contributed by atoms with Crippen LogP contribution < -0.4 is 4.74 Å². The fourth-order valence-corrected chi connectivity index (χ4v) is 5.54. The zero-order valence-corrected chi connectivity index (χ0v) is 26.2. The number of piperazine rings is 1. The van der Waals surface area contributed by atoms with E-state index in [0.717, 1.165) is 11.1 Å². The van der Waals surface area contributed by atoms with Gasteiger partial charge in [0.2, 0.25) is 11.8 Å². The van der Waals surface area contributed by atoms with Gasteiger partial charge in [-0.1, -0.05) is 47.5 Å². The van der Waals surface area contributed by atoms with Crippen molar-refractivity contribution in [3.8, 4) is 5.88 Å². The Morgan fingerprint density at radius 1 is 0.953 bits per heavy atom. The largest absolute Gasteiger partial charge is 0.477 e. The van der Waals surface area contributed by atoms with Crippen molar-refractivity contribution in [2.24, 2.45) is 4.99 Å². The van der Waals surface area contributed by atoms with Crippen molar-refractivity contribution in [1.82, 2.24) is 29.6 Å². The molecule has 0 saturated carbocycles. The van der Waals surface area contributed by atoms with Crippen molar-refractivity contribution in [3.05, 3.63) is 87.3 Å². The molecule has 226 valence electrons. The Labute approximate surface area is 261 Å². The third-order valence-electron chi connectivity index (χ3n) is 7.59. The molecular weight excluding hydrogens is 589 g/mol. The maximum Gasteiger partial charge on any atom is 0.326 e. The Hall–Kier alpha value is -3.73. The number of carbonyl (C=O) groups excluding carboxylic acids is 2. The summed E-state index contributed by atoms with van der Waals surface area (Å²) in [4.78, 5) is 48.2. The summed E-state index contributed by atoms with van der Waals surface area (Å²) in [6.07, 6.45) is 1.67. The Bertz CT molecular complexity index is 1490. The normalized spacial score (nSPS) is 18.9. The average molecular weight is 625 g/mol. The molecule has 5 rings (SSSR count). The molecule has 0 bridgehead atoms. The van der Waals surface area contributed by atoms with Gasteiger partial charge >= 0.3 is 6.03 Å². The minimum absolute atomic E-state index is 0.0326. The summed E-state index contributed by atoms with van der Waals surface area (Å²) in [5.74, 6) is 1.38. The number of likely N-dealkylation sites (N-methyl/N-ethyl adjacent to an activating group) is 1. The molecule has 10 nitrogen and oxygen atoms in total. The molecule has 0 radical (unpaired) electrons. The first kappa shape index (κ1) is 30.7. The number of rotatable bonds is 7. The van der Waals surface area contributed by atoms with Gasteiger partial charge in [-0.25, -0.2) is 9.78 Å². The van der Waals surface area contributed by atoms with Crippen LogP contribution in [0.3, 0.4) is 0 Å². The summed E-state index contributed by atoms with van der Waals surface area (Å²) < 4.78 is 5.93. The average Bonchev–Trinajstić information content (AvgIpc) is 3.38. The van der Waals surface area contributed by atoms with E-state index >= 15 is 0 Å². The van der Waals surface area contributed by atoms with E-state index in [-0.39, 0.29) is 11.9 Å². The van der Waals surface area contributed by atoms with Gasteiger partial charge in [-0.3, -0.25) is 19.6 Å². The molecule has 3 amide bonds. The van der Waals surface area contributed by atoms with Crippen LogP contribution >= 0.6 is 23.2 Å². The van der Waals surface area contributed by atoms with Crippen molar-refractivity contribution in [2.75, 3.05) is 53.4 Å². The number of benzene rings is 2. The molecule has 2 aliphatic heterocycles. The number of aromatic nitrogens is 2. The quantitative estimate of drug-likeness (QED) is 0.373. The number of aliphatic imine (C=N–C) groups is 1. The second kappa shape index (κ2) is 13.3. The lowest BCUT2D eigenvalue weighted by molar-refractivity contribution is -0.130. The molecule has 0 spiro atoms. The van der Waals surface area contributed by atoms with E-state index in [1.807, 2.05) is 60.4 Å². The predicted molar refractivity (Wildman–Crippen MR) is 167 cm³/mol. The molecule has 0 unspecified atom stereocenters. The predicted octanol–water partition coefficient (Wildman–Crippen LogP) is 4.86. The van der Waals surface area contributed by atoms with Crippen LogP contribution in [0, 0.1) is 6.92 Å². The number of urea groups is 1. The number of amidine groups is 1. The zero-order chi connectivity index (χ0) is 30.7. The van der Waals surface area contributed by atoms with E-state index in [1.54, 1.807) is 37.0 Å². The first-order chi connectivity index (χ1) is 20.7. The molecule has 1 fully saturated rings. The van der Waals surface area contributed by atoms with Gasteiger partial charge in [-0.15, -0.1) is 0 Å². The summed E-state index contributed by atoms with van der Waals surface area (Å²) >= 11 is 12.5. The molecule has 2 aromatic carbocycles. The summed E-state index contributed by atoms with van der Waals surface area (Å²) in [6.45, 7) is 6.46. The topological polar surface area (TPSA) is 94.5 Å². The highest BCUT2D eigenvalue weighted by Gasteiger charge is 2.45. The zero-order valence-electron chi connectivity index (χ0n) is 24.7. The smallest absolute Gasteiger partial charge is 0.326 e. The summed E-state index contributed by atoms with van der Waals surface area (Å²) in [5, 5.41) is 1.20. The Morgan fingerprint density at radius 3 is 2.14 bits per heavy atom. The maximum atomic E-state index is 14.6. The summed E-state index contributed by atoms with van der Waals surface area (Å²) in [7, 11) is 3.49. The second-order valence-corrected chi connectivity index (χ2v) is 11.6. The number of aryl methyl sites for hydroxylation is 1. The lowest BCUT2D eigenvalue weighted by Gasteiger charge is -2.39. The molecule has 0 N–H and O–H groups in total. The van der Waals surface area contributed by atoms with Crippen LogP contribution in [0.4, 0.5) is 4.79 Å². The molecule has 1 saturated heterocycles. The van der Waals surface area contributed by atoms with Crippen molar-refractivity contribution in [1.29, 1.82) is 0 Å². The number of hydrogen-bond donors (Lipinski definition) is 0. The van der Waals surface area contributed by atoms with Gasteiger partial charge < -0.3 is 14.5 Å². The number of halogens is 2. The highest BCUT2D eigenvalue weighted by Crippen LogP contribution is 2.45. The van der Waals surface area contributed by atoms with E-state index in [0.29, 0.717) is 72.5 Å². The van der Waals surface area contributed by atoms with Crippen molar-refractivity contribution < 1.29 is 14.3 Å². The molecule has 3 aromatic rings. The summed E-state index contributed by atoms with van der Waals surface area (Å²) in [6, 6.07) is 13.8. The van der Waals surface area contributed by atoms with Crippen LogP contribution in [0.2, 0.25) is 10.0 Å². The number of hydrogen-bond acceptors (Lipinski definition) is 7. The van der Waals surface area contributed by atoms with Crippen LogP contribution in [0.5, 0.6) is 5.88 Å². The molecule has 12 heteroatoms. The van der Waals surface area contributed by atoms with E-state index in [4.69, 9.17) is 32.9 Å². The molecular formula is C31H35Cl2N7O3. The van der Waals surface area contributed by atoms with Gasteiger partial charge in [-0.2, -0.15) is 4.98 Å². The molecule has 3 heterocycles. The van der Waals surface area contributed by atoms with Gasteiger partial charge in [0, 0.05) is 56.5 Å². The van der Waals surface area contributed by atoms with Crippen molar-refractivity contribution in [3.63, 3.8) is 0 Å². The number of carbonyl (C=O) groups is 2. The summed E-state index contributed by atoms with van der Waals surface area (Å²) in [5.41, 5.74) is 2.30. The second-order valence-electron chi connectivity index (χ2n) is 10.7. The SMILES string of the molecule is CCOc1nc(C)ncc1C1=N[C@H](c2ccc(Cl)cc2)[C@H](c2ccc(Cl)cc2)N1C(=O)N1CCN(CC(=O)N(C)C)CC1. The van der Waals surface area contributed by atoms with Crippen LogP contribution in [0.15, 0.2) is 59.7 Å².